The first kappa shape index (κ1) is 21.5. The van der Waals surface area contributed by atoms with Crippen molar-refractivity contribution in [2.45, 2.75) is 13.5 Å². The van der Waals surface area contributed by atoms with Gasteiger partial charge in [-0.05, 0) is 36.8 Å². The number of carbonyl (C=O) groups is 1. The lowest BCUT2D eigenvalue weighted by Gasteiger charge is -2.36. The van der Waals surface area contributed by atoms with Crippen molar-refractivity contribution in [3.63, 3.8) is 0 Å². The molecule has 0 saturated carbocycles. The van der Waals surface area contributed by atoms with Gasteiger partial charge in [0.2, 0.25) is 5.88 Å². The largest absolute Gasteiger partial charge is 0.472 e. The Bertz CT molecular complexity index is 1350. The number of nitrogens with zero attached hydrogens (tertiary/aromatic N) is 4. The lowest BCUT2D eigenvalue weighted by Crippen LogP contribution is -2.49. The molecule has 0 radical (unpaired) electrons. The van der Waals surface area contributed by atoms with E-state index in [1.165, 1.54) is 6.26 Å². The quantitative estimate of drug-likeness (QED) is 0.442. The minimum Gasteiger partial charge on any atom is -0.472 e. The summed E-state index contributed by atoms with van der Waals surface area (Å²) in [5, 5.41) is 11.1. The van der Waals surface area contributed by atoms with E-state index in [0.29, 0.717) is 50.0 Å². The monoisotopic (exact) mass is 452 g/mol. The van der Waals surface area contributed by atoms with Crippen LogP contribution in [0.4, 0.5) is 5.69 Å². The summed E-state index contributed by atoms with van der Waals surface area (Å²) in [6.45, 7) is 4.58. The van der Waals surface area contributed by atoms with E-state index in [2.05, 4.69) is 22.0 Å². The molecule has 2 aromatic heterocycles. The number of carbonyl (C=O) groups excluding carboxylic acids is 1. The molecule has 1 fully saturated rings. The van der Waals surface area contributed by atoms with Crippen LogP contribution >= 0.6 is 0 Å². The number of furan rings is 1. The number of anilines is 1. The molecule has 2 aromatic carbocycles. The number of aryl methyl sites for hydroxylation is 1. The van der Waals surface area contributed by atoms with Crippen LogP contribution in [0, 0.1) is 18.3 Å². The van der Waals surface area contributed by atoms with Crippen LogP contribution in [0.3, 0.4) is 0 Å². The molecule has 0 unspecified atom stereocenters. The number of amides is 1. The second-order valence-electron chi connectivity index (χ2n) is 8.30. The molecule has 170 valence electrons. The van der Waals surface area contributed by atoms with Crippen molar-refractivity contribution in [1.29, 1.82) is 5.26 Å². The number of aromatic nitrogens is 1. The van der Waals surface area contributed by atoms with E-state index in [1.807, 2.05) is 49.4 Å². The molecule has 1 aliphatic rings. The van der Waals surface area contributed by atoms with Gasteiger partial charge in [-0.15, -0.1) is 0 Å². The van der Waals surface area contributed by atoms with Crippen molar-refractivity contribution in [3.05, 3.63) is 89.4 Å². The third-order valence-electron chi connectivity index (χ3n) is 6.03. The molecule has 1 saturated heterocycles. The van der Waals surface area contributed by atoms with Gasteiger partial charge in [-0.25, -0.2) is 4.98 Å². The number of ether oxygens (including phenoxy) is 1. The van der Waals surface area contributed by atoms with Crippen molar-refractivity contribution < 1.29 is 13.9 Å². The smallest absolute Gasteiger partial charge is 0.289 e. The number of fused-ring (bicyclic) bond motifs is 1. The highest BCUT2D eigenvalue weighted by Crippen LogP contribution is 2.36. The Balaban J connectivity index is 1.47. The second kappa shape index (κ2) is 9.28. The molecular weight excluding hydrogens is 428 g/mol. The van der Waals surface area contributed by atoms with Crippen molar-refractivity contribution in [2.75, 3.05) is 31.1 Å². The Kier molecular flexibility index (Phi) is 5.88. The van der Waals surface area contributed by atoms with Gasteiger partial charge in [-0.3, -0.25) is 4.79 Å². The van der Waals surface area contributed by atoms with Crippen LogP contribution < -0.4 is 9.64 Å². The number of hydrogen-bond donors (Lipinski definition) is 0. The van der Waals surface area contributed by atoms with Gasteiger partial charge in [0.15, 0.2) is 5.76 Å². The molecule has 34 heavy (non-hydrogen) atoms. The van der Waals surface area contributed by atoms with Crippen LogP contribution in [-0.4, -0.2) is 42.0 Å². The molecule has 3 heterocycles. The molecule has 0 N–H and O–H groups in total. The van der Waals surface area contributed by atoms with Gasteiger partial charge in [-0.2, -0.15) is 5.26 Å². The van der Waals surface area contributed by atoms with E-state index in [0.717, 1.165) is 27.7 Å². The zero-order chi connectivity index (χ0) is 23.5. The summed E-state index contributed by atoms with van der Waals surface area (Å²) >= 11 is 0. The number of rotatable bonds is 5. The molecule has 7 heteroatoms. The summed E-state index contributed by atoms with van der Waals surface area (Å²) < 4.78 is 11.3. The standard InChI is InChI=1S/C27H24N4O3/c1-19-9-10-23-21(16-19)25(22(17-28)26(29-23)34-18-20-6-3-2-4-7-20)30-11-13-31(14-12-30)27(32)24-8-5-15-33-24/h2-10,15-16H,11-14,18H2,1H3. The van der Waals surface area contributed by atoms with Crippen molar-refractivity contribution in [3.8, 4) is 11.9 Å². The maximum Gasteiger partial charge on any atom is 0.289 e. The number of benzene rings is 2. The van der Waals surface area contributed by atoms with Gasteiger partial charge in [0, 0.05) is 31.6 Å². The van der Waals surface area contributed by atoms with Gasteiger partial charge in [-0.1, -0.05) is 42.0 Å². The maximum atomic E-state index is 12.7. The highest BCUT2D eigenvalue weighted by Gasteiger charge is 2.28. The third-order valence-corrected chi connectivity index (χ3v) is 6.03. The molecule has 0 atom stereocenters. The van der Waals surface area contributed by atoms with E-state index < -0.39 is 0 Å². The van der Waals surface area contributed by atoms with Crippen LogP contribution in [0.15, 0.2) is 71.3 Å². The van der Waals surface area contributed by atoms with Gasteiger partial charge < -0.3 is 19.0 Å². The third kappa shape index (κ3) is 4.18. The molecule has 7 nitrogen and oxygen atoms in total. The van der Waals surface area contributed by atoms with Gasteiger partial charge >= 0.3 is 0 Å². The molecule has 0 bridgehead atoms. The number of pyridine rings is 1. The first-order valence-corrected chi connectivity index (χ1v) is 11.2. The SMILES string of the molecule is Cc1ccc2nc(OCc3ccccc3)c(C#N)c(N3CCN(C(=O)c4ccco4)CC3)c2c1. The van der Waals surface area contributed by atoms with Crippen LogP contribution in [0.25, 0.3) is 10.9 Å². The highest BCUT2D eigenvalue weighted by molar-refractivity contribution is 5.97. The van der Waals surface area contributed by atoms with Gasteiger partial charge in [0.1, 0.15) is 18.2 Å². The average Bonchev–Trinajstić information content (AvgIpc) is 3.42. The van der Waals surface area contributed by atoms with Crippen LogP contribution in [0.1, 0.15) is 27.2 Å². The van der Waals surface area contributed by atoms with Gasteiger partial charge in [0.25, 0.3) is 5.91 Å². The number of hydrogen-bond acceptors (Lipinski definition) is 6. The number of piperazine rings is 1. The van der Waals surface area contributed by atoms with Crippen LogP contribution in [0.5, 0.6) is 5.88 Å². The molecular formula is C27H24N4O3. The molecule has 0 aliphatic carbocycles. The predicted octanol–water partition coefficient (Wildman–Crippen LogP) is 4.55. The molecule has 5 rings (SSSR count). The Labute approximate surface area is 197 Å². The Morgan fingerprint density at radius 2 is 1.88 bits per heavy atom. The van der Waals surface area contributed by atoms with E-state index in [-0.39, 0.29) is 5.91 Å². The highest BCUT2D eigenvalue weighted by atomic mass is 16.5. The summed E-state index contributed by atoms with van der Waals surface area (Å²) in [7, 11) is 0. The summed E-state index contributed by atoms with van der Waals surface area (Å²) in [5.41, 5.74) is 4.09. The normalized spacial score (nSPS) is 13.6. The Morgan fingerprint density at radius 3 is 2.59 bits per heavy atom. The van der Waals surface area contributed by atoms with E-state index in [4.69, 9.17) is 9.15 Å². The Hall–Kier alpha value is -4.31. The summed E-state index contributed by atoms with van der Waals surface area (Å²) in [6.07, 6.45) is 1.51. The van der Waals surface area contributed by atoms with Crippen molar-refractivity contribution in [1.82, 2.24) is 9.88 Å². The second-order valence-corrected chi connectivity index (χ2v) is 8.30. The minimum atomic E-state index is -0.118. The first-order valence-electron chi connectivity index (χ1n) is 11.2. The lowest BCUT2D eigenvalue weighted by atomic mass is 10.0. The fourth-order valence-corrected chi connectivity index (χ4v) is 4.29. The topological polar surface area (TPSA) is 82.6 Å². The van der Waals surface area contributed by atoms with Crippen molar-refractivity contribution >= 4 is 22.5 Å². The van der Waals surface area contributed by atoms with Crippen LogP contribution in [-0.2, 0) is 6.61 Å². The van der Waals surface area contributed by atoms with E-state index >= 15 is 0 Å². The number of nitriles is 1. The fourth-order valence-electron chi connectivity index (χ4n) is 4.29. The molecule has 1 amide bonds. The van der Waals surface area contributed by atoms with Crippen LogP contribution in [0.2, 0.25) is 0 Å². The van der Waals surface area contributed by atoms with Gasteiger partial charge in [0.05, 0.1) is 17.5 Å². The lowest BCUT2D eigenvalue weighted by molar-refractivity contribution is 0.0714. The fraction of sp³-hybridized carbons (Fsp3) is 0.222. The van der Waals surface area contributed by atoms with Crippen molar-refractivity contribution in [2.24, 2.45) is 0 Å². The predicted molar refractivity (Wildman–Crippen MR) is 129 cm³/mol. The summed E-state index contributed by atoms with van der Waals surface area (Å²) in [4.78, 5) is 21.3. The average molecular weight is 453 g/mol. The minimum absolute atomic E-state index is 0.118. The maximum absolute atomic E-state index is 12.7. The van der Waals surface area contributed by atoms with E-state index in [1.54, 1.807) is 17.0 Å². The first-order chi connectivity index (χ1) is 16.6. The molecule has 0 spiro atoms. The summed E-state index contributed by atoms with van der Waals surface area (Å²) in [6, 6.07) is 21.6. The molecule has 1 aliphatic heterocycles. The zero-order valence-electron chi connectivity index (χ0n) is 18.9. The van der Waals surface area contributed by atoms with E-state index in [9.17, 15) is 10.1 Å². The Morgan fingerprint density at radius 1 is 1.09 bits per heavy atom. The zero-order valence-corrected chi connectivity index (χ0v) is 18.9. The summed E-state index contributed by atoms with van der Waals surface area (Å²) in [5.74, 6) is 0.548. The molecule has 4 aromatic rings.